The fourth-order valence-electron chi connectivity index (χ4n) is 5.11. The van der Waals surface area contributed by atoms with Crippen LogP contribution in [0.1, 0.15) is 77.6 Å². The second-order valence-electron chi connectivity index (χ2n) is 7.77. The molecule has 0 spiro atoms. The molecule has 4 heteroatoms. The number of rotatable bonds is 4. The SMILES string of the molecule is CCC[NH+]1[C@@H]2CCC[C@H]1CC(NC(=S)NC1CCCCC1)C2. The van der Waals surface area contributed by atoms with Crippen molar-refractivity contribution in [3.8, 4) is 0 Å². The molecule has 0 aromatic heterocycles. The van der Waals surface area contributed by atoms with Crippen molar-refractivity contribution in [2.75, 3.05) is 6.54 Å². The van der Waals surface area contributed by atoms with Crippen LogP contribution in [0.3, 0.4) is 0 Å². The van der Waals surface area contributed by atoms with Crippen molar-refractivity contribution in [2.24, 2.45) is 0 Å². The molecule has 22 heavy (non-hydrogen) atoms. The van der Waals surface area contributed by atoms with Crippen LogP contribution in [-0.2, 0) is 0 Å². The summed E-state index contributed by atoms with van der Waals surface area (Å²) in [6, 6.07) is 2.99. The van der Waals surface area contributed by atoms with Crippen LogP contribution in [0.4, 0.5) is 0 Å². The molecule has 3 aliphatic rings. The minimum Gasteiger partial charge on any atom is -0.360 e. The van der Waals surface area contributed by atoms with Crippen LogP contribution in [0.5, 0.6) is 0 Å². The van der Waals surface area contributed by atoms with E-state index in [0.29, 0.717) is 12.1 Å². The predicted octanol–water partition coefficient (Wildman–Crippen LogP) is 2.16. The van der Waals surface area contributed by atoms with E-state index < -0.39 is 0 Å². The number of nitrogens with one attached hydrogen (secondary N) is 3. The van der Waals surface area contributed by atoms with Gasteiger partial charge in [0.25, 0.3) is 0 Å². The monoisotopic (exact) mass is 324 g/mol. The minimum absolute atomic E-state index is 0.611. The number of quaternary nitrogens is 1. The number of piperidine rings is 2. The largest absolute Gasteiger partial charge is 0.360 e. The van der Waals surface area contributed by atoms with Crippen LogP contribution in [0, 0.1) is 0 Å². The summed E-state index contributed by atoms with van der Waals surface area (Å²) in [4.78, 5) is 1.90. The van der Waals surface area contributed by atoms with E-state index in [1.165, 1.54) is 77.2 Å². The zero-order chi connectivity index (χ0) is 15.4. The Bertz CT molecular complexity index is 353. The molecule has 0 amide bonds. The van der Waals surface area contributed by atoms with Crippen molar-refractivity contribution >= 4 is 17.3 Å². The van der Waals surface area contributed by atoms with E-state index in [4.69, 9.17) is 12.2 Å². The average Bonchev–Trinajstić information content (AvgIpc) is 2.49. The molecule has 1 saturated carbocycles. The number of thiocarbonyl (C=S) groups is 1. The Morgan fingerprint density at radius 1 is 0.909 bits per heavy atom. The molecule has 3 N–H and O–H groups in total. The topological polar surface area (TPSA) is 28.5 Å². The van der Waals surface area contributed by atoms with Gasteiger partial charge < -0.3 is 15.5 Å². The average molecular weight is 325 g/mol. The van der Waals surface area contributed by atoms with Crippen molar-refractivity contribution in [3.63, 3.8) is 0 Å². The maximum atomic E-state index is 5.60. The first-order valence-corrected chi connectivity index (χ1v) is 10.1. The summed E-state index contributed by atoms with van der Waals surface area (Å²) in [5, 5.41) is 8.17. The van der Waals surface area contributed by atoms with Gasteiger partial charge in [-0.25, -0.2) is 0 Å². The van der Waals surface area contributed by atoms with E-state index in [1.807, 2.05) is 4.90 Å². The Hall–Kier alpha value is -0.350. The smallest absolute Gasteiger partial charge is 0.166 e. The van der Waals surface area contributed by atoms with Gasteiger partial charge in [0.05, 0.1) is 18.6 Å². The highest BCUT2D eigenvalue weighted by Gasteiger charge is 2.41. The lowest BCUT2D eigenvalue weighted by Crippen LogP contribution is -3.21. The highest BCUT2D eigenvalue weighted by molar-refractivity contribution is 7.80. The van der Waals surface area contributed by atoms with Crippen molar-refractivity contribution in [2.45, 2.75) is 102 Å². The first kappa shape index (κ1) is 16.5. The molecule has 3 nitrogen and oxygen atoms in total. The van der Waals surface area contributed by atoms with E-state index in [9.17, 15) is 0 Å². The van der Waals surface area contributed by atoms with Crippen molar-refractivity contribution < 1.29 is 4.90 Å². The second kappa shape index (κ2) is 7.96. The minimum atomic E-state index is 0.611. The molecular weight excluding hydrogens is 290 g/mol. The molecule has 126 valence electrons. The lowest BCUT2D eigenvalue weighted by Gasteiger charge is -2.46. The summed E-state index contributed by atoms with van der Waals surface area (Å²) in [6.45, 7) is 3.70. The highest BCUT2D eigenvalue weighted by atomic mass is 32.1. The summed E-state index contributed by atoms with van der Waals surface area (Å²) >= 11 is 5.60. The summed E-state index contributed by atoms with van der Waals surface area (Å²) in [5.41, 5.74) is 0. The Morgan fingerprint density at radius 3 is 2.18 bits per heavy atom. The van der Waals surface area contributed by atoms with Crippen LogP contribution in [0.15, 0.2) is 0 Å². The van der Waals surface area contributed by atoms with Gasteiger partial charge in [-0.15, -0.1) is 0 Å². The first-order chi connectivity index (χ1) is 10.8. The Labute approximate surface area is 141 Å². The van der Waals surface area contributed by atoms with Crippen LogP contribution >= 0.6 is 12.2 Å². The van der Waals surface area contributed by atoms with Gasteiger partial charge in [-0.1, -0.05) is 26.2 Å². The zero-order valence-corrected chi connectivity index (χ0v) is 15.0. The lowest BCUT2D eigenvalue weighted by atomic mass is 9.81. The van der Waals surface area contributed by atoms with E-state index in [1.54, 1.807) is 0 Å². The van der Waals surface area contributed by atoms with Crippen LogP contribution < -0.4 is 15.5 Å². The Morgan fingerprint density at radius 2 is 1.55 bits per heavy atom. The third-order valence-electron chi connectivity index (χ3n) is 6.11. The summed E-state index contributed by atoms with van der Waals surface area (Å²) < 4.78 is 0. The molecular formula is C18H34N3S+. The van der Waals surface area contributed by atoms with Gasteiger partial charge in [0.15, 0.2) is 5.11 Å². The molecule has 4 atom stereocenters. The van der Waals surface area contributed by atoms with Gasteiger partial charge >= 0.3 is 0 Å². The molecule has 2 unspecified atom stereocenters. The van der Waals surface area contributed by atoms with E-state index >= 15 is 0 Å². The predicted molar refractivity (Wildman–Crippen MR) is 96.3 cm³/mol. The maximum Gasteiger partial charge on any atom is 0.166 e. The first-order valence-electron chi connectivity index (χ1n) is 9.69. The molecule has 0 aromatic carbocycles. The fraction of sp³-hybridized carbons (Fsp3) is 0.944. The van der Waals surface area contributed by atoms with Crippen LogP contribution in [0.25, 0.3) is 0 Å². The molecule has 2 saturated heterocycles. The van der Waals surface area contributed by atoms with Gasteiger partial charge in [-0.2, -0.15) is 0 Å². The quantitative estimate of drug-likeness (QED) is 0.692. The molecule has 2 heterocycles. The highest BCUT2D eigenvalue weighted by Crippen LogP contribution is 2.22. The van der Waals surface area contributed by atoms with Crippen molar-refractivity contribution in [1.29, 1.82) is 0 Å². The van der Waals surface area contributed by atoms with Gasteiger partial charge in [-0.05, 0) is 50.7 Å². The Balaban J connectivity index is 1.48. The fourth-order valence-corrected chi connectivity index (χ4v) is 5.44. The van der Waals surface area contributed by atoms with E-state index in [-0.39, 0.29) is 0 Å². The van der Waals surface area contributed by atoms with Crippen molar-refractivity contribution in [1.82, 2.24) is 10.6 Å². The second-order valence-corrected chi connectivity index (χ2v) is 8.18. The van der Waals surface area contributed by atoms with E-state index in [0.717, 1.165) is 17.2 Å². The summed E-state index contributed by atoms with van der Waals surface area (Å²) in [7, 11) is 0. The number of hydrogen-bond donors (Lipinski definition) is 3. The molecule has 3 rings (SSSR count). The standard InChI is InChI=1S/C18H33N3S/c1-2-11-21-16-9-6-10-17(21)13-15(12-16)20-18(22)19-14-7-4-3-5-8-14/h14-17H,2-13H2,1H3,(H2,19,20,22)/p+1/t15?,16-,17+. The third kappa shape index (κ3) is 4.14. The van der Waals surface area contributed by atoms with Crippen LogP contribution in [-0.4, -0.2) is 35.8 Å². The zero-order valence-electron chi connectivity index (χ0n) is 14.2. The molecule has 2 bridgehead atoms. The molecule has 1 aliphatic carbocycles. The number of hydrogen-bond acceptors (Lipinski definition) is 1. The van der Waals surface area contributed by atoms with Gasteiger partial charge in [0.2, 0.25) is 0 Å². The molecule has 0 aromatic rings. The van der Waals surface area contributed by atoms with Gasteiger partial charge in [0.1, 0.15) is 0 Å². The van der Waals surface area contributed by atoms with Crippen molar-refractivity contribution in [3.05, 3.63) is 0 Å². The normalized spacial score (nSPS) is 35.9. The molecule has 3 fully saturated rings. The molecule has 2 aliphatic heterocycles. The van der Waals surface area contributed by atoms with Gasteiger partial charge in [0, 0.05) is 24.9 Å². The van der Waals surface area contributed by atoms with Crippen LogP contribution in [0.2, 0.25) is 0 Å². The van der Waals surface area contributed by atoms with E-state index in [2.05, 4.69) is 17.6 Å². The lowest BCUT2D eigenvalue weighted by molar-refractivity contribution is -0.961. The molecule has 0 radical (unpaired) electrons. The third-order valence-corrected chi connectivity index (χ3v) is 6.34. The Kier molecular flexibility index (Phi) is 5.97. The number of fused-ring (bicyclic) bond motifs is 2. The summed E-state index contributed by atoms with van der Waals surface area (Å²) in [6.07, 6.45) is 15.0. The maximum absolute atomic E-state index is 5.60. The summed E-state index contributed by atoms with van der Waals surface area (Å²) in [5.74, 6) is 0. The van der Waals surface area contributed by atoms with Gasteiger partial charge in [-0.3, -0.25) is 0 Å².